The van der Waals surface area contributed by atoms with Gasteiger partial charge in [0.1, 0.15) is 5.75 Å². The molecule has 2 amide bonds. The van der Waals surface area contributed by atoms with Crippen molar-refractivity contribution in [1.29, 1.82) is 0 Å². The molecule has 0 fully saturated rings. The molecule has 6 nitrogen and oxygen atoms in total. The van der Waals surface area contributed by atoms with E-state index in [0.29, 0.717) is 18.0 Å². The highest BCUT2D eigenvalue weighted by Crippen LogP contribution is 2.17. The van der Waals surface area contributed by atoms with Crippen molar-refractivity contribution in [3.05, 3.63) is 24.3 Å². The van der Waals surface area contributed by atoms with E-state index in [9.17, 15) is 9.59 Å². The van der Waals surface area contributed by atoms with E-state index in [-0.39, 0.29) is 12.6 Å². The maximum atomic E-state index is 11.5. The number of ether oxygens (including phenoxy) is 2. The molecule has 1 aromatic rings. The van der Waals surface area contributed by atoms with Crippen LogP contribution in [-0.2, 0) is 9.53 Å². The van der Waals surface area contributed by atoms with E-state index < -0.39 is 5.97 Å². The standard InChI is InChI=1S/C13H18N2O4/c1-3-7-14-13(17)15-10-5-4-6-11(8-10)19-9-12(16)18-2/h4-6,8H,3,7,9H2,1-2H3,(H2,14,15,17). The number of carbonyl (C=O) groups excluding carboxylic acids is 2. The number of nitrogens with one attached hydrogen (secondary N) is 2. The summed E-state index contributed by atoms with van der Waals surface area (Å²) in [6.07, 6.45) is 0.871. The Morgan fingerprint density at radius 3 is 2.79 bits per heavy atom. The highest BCUT2D eigenvalue weighted by Gasteiger charge is 2.04. The summed E-state index contributed by atoms with van der Waals surface area (Å²) in [4.78, 5) is 22.4. The number of rotatable bonds is 6. The lowest BCUT2D eigenvalue weighted by Crippen LogP contribution is -2.29. The van der Waals surface area contributed by atoms with Gasteiger partial charge in [0, 0.05) is 18.3 Å². The number of esters is 1. The molecule has 0 aliphatic heterocycles. The van der Waals surface area contributed by atoms with Gasteiger partial charge in [-0.2, -0.15) is 0 Å². The van der Waals surface area contributed by atoms with Gasteiger partial charge in [-0.3, -0.25) is 0 Å². The summed E-state index contributed by atoms with van der Waals surface area (Å²) in [5, 5.41) is 5.37. The van der Waals surface area contributed by atoms with Gasteiger partial charge in [0.05, 0.1) is 7.11 Å². The molecule has 1 aromatic carbocycles. The van der Waals surface area contributed by atoms with Gasteiger partial charge in [-0.15, -0.1) is 0 Å². The molecule has 6 heteroatoms. The predicted octanol–water partition coefficient (Wildman–Crippen LogP) is 1.77. The molecule has 19 heavy (non-hydrogen) atoms. The predicted molar refractivity (Wildman–Crippen MR) is 71.3 cm³/mol. The van der Waals surface area contributed by atoms with Crippen LogP contribution in [0, 0.1) is 0 Å². The fraction of sp³-hybridized carbons (Fsp3) is 0.385. The van der Waals surface area contributed by atoms with Crippen molar-refractivity contribution in [2.24, 2.45) is 0 Å². The van der Waals surface area contributed by atoms with E-state index in [1.54, 1.807) is 24.3 Å². The summed E-state index contributed by atoms with van der Waals surface area (Å²) in [7, 11) is 1.29. The van der Waals surface area contributed by atoms with E-state index >= 15 is 0 Å². The van der Waals surface area contributed by atoms with Crippen LogP contribution < -0.4 is 15.4 Å². The average Bonchev–Trinajstić information content (AvgIpc) is 2.43. The molecule has 0 bridgehead atoms. The van der Waals surface area contributed by atoms with E-state index in [0.717, 1.165) is 6.42 Å². The molecular formula is C13H18N2O4. The smallest absolute Gasteiger partial charge is 0.343 e. The molecule has 0 aromatic heterocycles. The highest BCUT2D eigenvalue weighted by atomic mass is 16.6. The minimum Gasteiger partial charge on any atom is -0.482 e. The van der Waals surface area contributed by atoms with E-state index in [2.05, 4.69) is 15.4 Å². The van der Waals surface area contributed by atoms with Gasteiger partial charge < -0.3 is 20.1 Å². The molecule has 1 rings (SSSR count). The molecule has 0 saturated carbocycles. The van der Waals surface area contributed by atoms with E-state index in [1.165, 1.54) is 7.11 Å². The zero-order valence-corrected chi connectivity index (χ0v) is 11.1. The molecule has 0 radical (unpaired) electrons. The Hall–Kier alpha value is -2.24. The molecular weight excluding hydrogens is 248 g/mol. The first-order chi connectivity index (χ1) is 9.15. The fourth-order valence-electron chi connectivity index (χ4n) is 1.28. The fourth-order valence-corrected chi connectivity index (χ4v) is 1.28. The van der Waals surface area contributed by atoms with Gasteiger partial charge in [-0.1, -0.05) is 13.0 Å². The number of carbonyl (C=O) groups is 2. The van der Waals surface area contributed by atoms with Gasteiger partial charge in [0.15, 0.2) is 6.61 Å². The Bertz CT molecular complexity index is 434. The first-order valence-corrected chi connectivity index (χ1v) is 6.00. The molecule has 104 valence electrons. The van der Waals surface area contributed by atoms with Crippen molar-refractivity contribution in [2.75, 3.05) is 25.6 Å². The number of benzene rings is 1. The number of urea groups is 1. The molecule has 2 N–H and O–H groups in total. The topological polar surface area (TPSA) is 76.7 Å². The van der Waals surface area contributed by atoms with Crippen LogP contribution in [0.1, 0.15) is 13.3 Å². The van der Waals surface area contributed by atoms with Crippen molar-refractivity contribution >= 4 is 17.7 Å². The maximum absolute atomic E-state index is 11.5. The second kappa shape index (κ2) is 7.97. The second-order valence-electron chi connectivity index (χ2n) is 3.77. The monoisotopic (exact) mass is 266 g/mol. The lowest BCUT2D eigenvalue weighted by molar-refractivity contribution is -0.142. The zero-order chi connectivity index (χ0) is 14.1. The van der Waals surface area contributed by atoms with Crippen LogP contribution in [0.4, 0.5) is 10.5 Å². The zero-order valence-electron chi connectivity index (χ0n) is 11.1. The summed E-state index contributed by atoms with van der Waals surface area (Å²) in [5.41, 5.74) is 0.593. The summed E-state index contributed by atoms with van der Waals surface area (Å²) >= 11 is 0. The van der Waals surface area contributed by atoms with Crippen LogP contribution in [0.5, 0.6) is 5.75 Å². The molecule has 0 unspecified atom stereocenters. The van der Waals surface area contributed by atoms with Crippen LogP contribution in [-0.4, -0.2) is 32.3 Å². The number of anilines is 1. The van der Waals surface area contributed by atoms with Crippen LogP contribution in [0.3, 0.4) is 0 Å². The Morgan fingerprint density at radius 1 is 1.32 bits per heavy atom. The van der Waals surface area contributed by atoms with Crippen molar-refractivity contribution < 1.29 is 19.1 Å². The quantitative estimate of drug-likeness (QED) is 0.769. The Morgan fingerprint density at radius 2 is 2.11 bits per heavy atom. The van der Waals surface area contributed by atoms with Crippen LogP contribution in [0.2, 0.25) is 0 Å². The third kappa shape index (κ3) is 5.76. The van der Waals surface area contributed by atoms with Gasteiger partial charge >= 0.3 is 12.0 Å². The van der Waals surface area contributed by atoms with Crippen LogP contribution >= 0.6 is 0 Å². The average molecular weight is 266 g/mol. The Kier molecular flexibility index (Phi) is 6.21. The van der Waals surface area contributed by atoms with Gasteiger partial charge in [-0.05, 0) is 18.6 Å². The minimum absolute atomic E-state index is 0.165. The van der Waals surface area contributed by atoms with Crippen molar-refractivity contribution in [3.8, 4) is 5.75 Å². The molecule has 0 aliphatic carbocycles. The lowest BCUT2D eigenvalue weighted by atomic mass is 10.3. The third-order valence-electron chi connectivity index (χ3n) is 2.21. The first-order valence-electron chi connectivity index (χ1n) is 6.00. The lowest BCUT2D eigenvalue weighted by Gasteiger charge is -2.09. The minimum atomic E-state index is -0.459. The summed E-state index contributed by atoms with van der Waals surface area (Å²) < 4.78 is 9.68. The number of amides is 2. The van der Waals surface area contributed by atoms with E-state index in [4.69, 9.17) is 4.74 Å². The molecule has 0 saturated heterocycles. The van der Waals surface area contributed by atoms with Gasteiger partial charge in [-0.25, -0.2) is 9.59 Å². The SMILES string of the molecule is CCCNC(=O)Nc1cccc(OCC(=O)OC)c1. The molecule has 0 heterocycles. The summed E-state index contributed by atoms with van der Waals surface area (Å²) in [6.45, 7) is 2.42. The van der Waals surface area contributed by atoms with Crippen LogP contribution in [0.25, 0.3) is 0 Å². The second-order valence-corrected chi connectivity index (χ2v) is 3.77. The summed E-state index contributed by atoms with van der Waals surface area (Å²) in [6, 6.07) is 6.51. The third-order valence-corrected chi connectivity index (χ3v) is 2.21. The van der Waals surface area contributed by atoms with Gasteiger partial charge in [0.2, 0.25) is 0 Å². The summed E-state index contributed by atoms with van der Waals surface area (Å²) in [5.74, 6) is 0.0257. The van der Waals surface area contributed by atoms with Crippen molar-refractivity contribution in [3.63, 3.8) is 0 Å². The Labute approximate surface area is 112 Å². The van der Waals surface area contributed by atoms with Crippen LogP contribution in [0.15, 0.2) is 24.3 Å². The van der Waals surface area contributed by atoms with Gasteiger partial charge in [0.25, 0.3) is 0 Å². The molecule has 0 spiro atoms. The maximum Gasteiger partial charge on any atom is 0.343 e. The van der Waals surface area contributed by atoms with Crippen molar-refractivity contribution in [2.45, 2.75) is 13.3 Å². The normalized spacial score (nSPS) is 9.58. The molecule has 0 atom stereocenters. The molecule has 0 aliphatic rings. The largest absolute Gasteiger partial charge is 0.482 e. The van der Waals surface area contributed by atoms with Crippen molar-refractivity contribution in [1.82, 2.24) is 5.32 Å². The number of hydrogen-bond acceptors (Lipinski definition) is 4. The van der Waals surface area contributed by atoms with E-state index in [1.807, 2.05) is 6.92 Å². The number of methoxy groups -OCH3 is 1. The first kappa shape index (κ1) is 14.8. The Balaban J connectivity index is 2.51. The number of hydrogen-bond donors (Lipinski definition) is 2. The highest BCUT2D eigenvalue weighted by molar-refractivity contribution is 5.89.